The Kier molecular flexibility index (Phi) is 2.73. The number of aliphatic carboxylic acids is 1. The Morgan fingerprint density at radius 1 is 1.47 bits per heavy atom. The average molecular weight is 259 g/mol. The molecule has 1 atom stereocenters. The number of rotatable bonds is 2. The first-order valence-corrected chi connectivity index (χ1v) is 6.51. The van der Waals surface area contributed by atoms with Crippen molar-refractivity contribution in [3.05, 3.63) is 29.0 Å². The van der Waals surface area contributed by atoms with Crippen molar-refractivity contribution in [1.29, 1.82) is 0 Å². The van der Waals surface area contributed by atoms with E-state index in [4.69, 9.17) is 9.84 Å². The van der Waals surface area contributed by atoms with E-state index in [1.807, 2.05) is 19.1 Å². The number of carboxylic acid groups (broad SMARTS) is 1. The molecule has 1 aliphatic rings. The van der Waals surface area contributed by atoms with Crippen LogP contribution in [0.5, 0.6) is 5.75 Å². The molecule has 0 saturated carbocycles. The van der Waals surface area contributed by atoms with Gasteiger partial charge < -0.3 is 14.8 Å². The van der Waals surface area contributed by atoms with Crippen LogP contribution in [0.3, 0.4) is 0 Å². The largest absolute Gasteiger partial charge is 0.497 e. The van der Waals surface area contributed by atoms with Gasteiger partial charge in [-0.2, -0.15) is 0 Å². The molecule has 0 fully saturated rings. The monoisotopic (exact) mass is 259 g/mol. The van der Waals surface area contributed by atoms with Gasteiger partial charge >= 0.3 is 5.97 Å². The van der Waals surface area contributed by atoms with Crippen LogP contribution >= 0.6 is 0 Å². The van der Waals surface area contributed by atoms with Gasteiger partial charge in [0.1, 0.15) is 5.75 Å². The third-order valence-electron chi connectivity index (χ3n) is 4.05. The van der Waals surface area contributed by atoms with Crippen LogP contribution in [0.15, 0.2) is 12.1 Å². The van der Waals surface area contributed by atoms with E-state index in [0.717, 1.165) is 28.9 Å². The van der Waals surface area contributed by atoms with Gasteiger partial charge in [0, 0.05) is 23.0 Å². The van der Waals surface area contributed by atoms with Gasteiger partial charge in [0.2, 0.25) is 0 Å². The molecular formula is C15H17NO3. The number of carbonyl (C=O) groups is 1. The molecule has 1 aliphatic carbocycles. The van der Waals surface area contributed by atoms with Crippen LogP contribution in [0.4, 0.5) is 0 Å². The maximum absolute atomic E-state index is 11.1. The van der Waals surface area contributed by atoms with Crippen molar-refractivity contribution in [2.75, 3.05) is 7.11 Å². The summed E-state index contributed by atoms with van der Waals surface area (Å²) >= 11 is 0. The third kappa shape index (κ3) is 1.87. The van der Waals surface area contributed by atoms with E-state index in [9.17, 15) is 4.79 Å². The maximum atomic E-state index is 11.1. The fraction of sp³-hybridized carbons (Fsp3) is 0.400. The molecule has 0 radical (unpaired) electrons. The average Bonchev–Trinajstić information content (AvgIpc) is 2.77. The number of aromatic nitrogens is 1. The SMILES string of the molecule is COc1cc(C)c2[nH]c3c(c2c1)CCC(C(=O)O)C3. The van der Waals surface area contributed by atoms with Crippen molar-refractivity contribution < 1.29 is 14.6 Å². The van der Waals surface area contributed by atoms with Crippen LogP contribution < -0.4 is 4.74 Å². The highest BCUT2D eigenvalue weighted by molar-refractivity contribution is 5.89. The van der Waals surface area contributed by atoms with Crippen LogP contribution in [0, 0.1) is 12.8 Å². The summed E-state index contributed by atoms with van der Waals surface area (Å²) in [6.45, 7) is 2.04. The van der Waals surface area contributed by atoms with Crippen LogP contribution in [0.1, 0.15) is 23.2 Å². The third-order valence-corrected chi connectivity index (χ3v) is 4.05. The molecule has 100 valence electrons. The molecule has 1 heterocycles. The van der Waals surface area contributed by atoms with Gasteiger partial charge in [-0.1, -0.05) is 0 Å². The first-order chi connectivity index (χ1) is 9.10. The molecular weight excluding hydrogens is 242 g/mol. The lowest BCUT2D eigenvalue weighted by atomic mass is 9.87. The number of aryl methyl sites for hydroxylation is 2. The molecule has 0 amide bonds. The van der Waals surface area contributed by atoms with Gasteiger partial charge in [0.25, 0.3) is 0 Å². The zero-order valence-electron chi connectivity index (χ0n) is 11.1. The van der Waals surface area contributed by atoms with E-state index in [1.54, 1.807) is 7.11 Å². The normalized spacial score (nSPS) is 18.3. The molecule has 19 heavy (non-hydrogen) atoms. The number of hydrogen-bond donors (Lipinski definition) is 2. The van der Waals surface area contributed by atoms with E-state index < -0.39 is 5.97 Å². The molecule has 0 saturated heterocycles. The van der Waals surface area contributed by atoms with Crippen molar-refractivity contribution in [3.8, 4) is 5.75 Å². The van der Waals surface area contributed by atoms with Crippen LogP contribution in [0.25, 0.3) is 10.9 Å². The van der Waals surface area contributed by atoms with Gasteiger partial charge in [-0.15, -0.1) is 0 Å². The molecule has 3 rings (SSSR count). The Morgan fingerprint density at radius 3 is 2.95 bits per heavy atom. The predicted molar refractivity (Wildman–Crippen MR) is 72.7 cm³/mol. The van der Waals surface area contributed by atoms with Gasteiger partial charge in [-0.05, 0) is 43.0 Å². The molecule has 4 heteroatoms. The molecule has 1 aromatic heterocycles. The summed E-state index contributed by atoms with van der Waals surface area (Å²) in [6, 6.07) is 4.04. The highest BCUT2D eigenvalue weighted by Crippen LogP contribution is 2.35. The quantitative estimate of drug-likeness (QED) is 0.871. The highest BCUT2D eigenvalue weighted by Gasteiger charge is 2.27. The van der Waals surface area contributed by atoms with E-state index >= 15 is 0 Å². The smallest absolute Gasteiger partial charge is 0.306 e. The summed E-state index contributed by atoms with van der Waals surface area (Å²) in [4.78, 5) is 14.5. The number of ether oxygens (including phenoxy) is 1. The highest BCUT2D eigenvalue weighted by atomic mass is 16.5. The second kappa shape index (κ2) is 4.30. The molecule has 1 unspecified atom stereocenters. The van der Waals surface area contributed by atoms with Gasteiger partial charge in [-0.25, -0.2) is 0 Å². The van der Waals surface area contributed by atoms with E-state index in [1.165, 1.54) is 10.9 Å². The second-order valence-corrected chi connectivity index (χ2v) is 5.23. The summed E-state index contributed by atoms with van der Waals surface area (Å²) in [5.74, 6) is -0.103. The Labute approximate surface area is 111 Å². The second-order valence-electron chi connectivity index (χ2n) is 5.23. The minimum atomic E-state index is -0.696. The Bertz CT molecular complexity index is 657. The number of H-pyrrole nitrogens is 1. The van der Waals surface area contributed by atoms with Crippen LogP contribution in [-0.2, 0) is 17.6 Å². The summed E-state index contributed by atoms with van der Waals surface area (Å²) in [5, 5.41) is 10.3. The number of aromatic amines is 1. The standard InChI is InChI=1S/C15H17NO3/c1-8-5-10(19-2)7-12-11-4-3-9(15(17)18)6-13(11)16-14(8)12/h5,7,9,16H,3-4,6H2,1-2H3,(H,17,18). The Morgan fingerprint density at radius 2 is 2.26 bits per heavy atom. The lowest BCUT2D eigenvalue weighted by Gasteiger charge is -2.18. The molecule has 2 aromatic rings. The molecule has 0 spiro atoms. The van der Waals surface area contributed by atoms with Crippen molar-refractivity contribution in [1.82, 2.24) is 4.98 Å². The maximum Gasteiger partial charge on any atom is 0.306 e. The summed E-state index contributed by atoms with van der Waals surface area (Å²) in [5.41, 5.74) is 4.58. The number of hydrogen-bond acceptors (Lipinski definition) is 2. The molecule has 0 bridgehead atoms. The minimum absolute atomic E-state index is 0.261. The van der Waals surface area contributed by atoms with Gasteiger partial charge in [0.05, 0.1) is 13.0 Å². The van der Waals surface area contributed by atoms with E-state index in [-0.39, 0.29) is 5.92 Å². The van der Waals surface area contributed by atoms with Gasteiger partial charge in [-0.3, -0.25) is 4.79 Å². The first kappa shape index (κ1) is 12.1. The van der Waals surface area contributed by atoms with Crippen molar-refractivity contribution in [3.63, 3.8) is 0 Å². The molecule has 4 nitrogen and oxygen atoms in total. The predicted octanol–water partition coefficient (Wildman–Crippen LogP) is 2.67. The summed E-state index contributed by atoms with van der Waals surface area (Å²) in [6.07, 6.45) is 2.13. The fourth-order valence-corrected chi connectivity index (χ4v) is 3.00. The lowest BCUT2D eigenvalue weighted by molar-refractivity contribution is -0.142. The van der Waals surface area contributed by atoms with Crippen molar-refractivity contribution in [2.45, 2.75) is 26.2 Å². The lowest BCUT2D eigenvalue weighted by Crippen LogP contribution is -2.21. The molecule has 1 aromatic carbocycles. The Balaban J connectivity index is 2.13. The minimum Gasteiger partial charge on any atom is -0.497 e. The number of benzene rings is 1. The zero-order chi connectivity index (χ0) is 13.6. The zero-order valence-corrected chi connectivity index (χ0v) is 11.1. The fourth-order valence-electron chi connectivity index (χ4n) is 3.00. The number of fused-ring (bicyclic) bond motifs is 3. The van der Waals surface area contributed by atoms with Crippen LogP contribution in [0.2, 0.25) is 0 Å². The van der Waals surface area contributed by atoms with Crippen molar-refractivity contribution in [2.24, 2.45) is 5.92 Å². The van der Waals surface area contributed by atoms with Crippen LogP contribution in [-0.4, -0.2) is 23.2 Å². The number of carboxylic acids is 1. The molecule has 0 aliphatic heterocycles. The Hall–Kier alpha value is -1.97. The van der Waals surface area contributed by atoms with Gasteiger partial charge in [0.15, 0.2) is 0 Å². The van der Waals surface area contributed by atoms with E-state index in [2.05, 4.69) is 4.98 Å². The van der Waals surface area contributed by atoms with Crippen molar-refractivity contribution >= 4 is 16.9 Å². The van der Waals surface area contributed by atoms with E-state index in [0.29, 0.717) is 12.8 Å². The first-order valence-electron chi connectivity index (χ1n) is 6.51. The topological polar surface area (TPSA) is 62.3 Å². The number of nitrogens with one attached hydrogen (secondary N) is 1. The molecule has 2 N–H and O–H groups in total. The summed E-state index contributed by atoms with van der Waals surface area (Å²) < 4.78 is 5.31. The summed E-state index contributed by atoms with van der Waals surface area (Å²) in [7, 11) is 1.67. The number of methoxy groups -OCH3 is 1.